The normalized spacial score (nSPS) is 13.4. The molecule has 11 nitrogen and oxygen atoms in total. The van der Waals surface area contributed by atoms with Gasteiger partial charge in [-0.25, -0.2) is 4.79 Å². The number of amides is 2. The van der Waals surface area contributed by atoms with Gasteiger partial charge in [0.2, 0.25) is 11.8 Å². The third kappa shape index (κ3) is 7.18. The Morgan fingerprint density at radius 2 is 1.85 bits per heavy atom. The summed E-state index contributed by atoms with van der Waals surface area (Å²) in [4.78, 5) is 43.6. The fraction of sp³-hybridized carbons (Fsp3) is 0.273. The van der Waals surface area contributed by atoms with Gasteiger partial charge in [-0.05, 0) is 63.1 Å². The van der Waals surface area contributed by atoms with Gasteiger partial charge >= 0.3 is 5.97 Å². The third-order valence-corrected chi connectivity index (χ3v) is 8.88. The minimum atomic E-state index is -1.14. The van der Waals surface area contributed by atoms with Crippen LogP contribution < -0.4 is 16.4 Å². The molecule has 0 saturated heterocycles. The highest BCUT2D eigenvalue weighted by atomic mass is 35.5. The quantitative estimate of drug-likeness (QED) is 0.149. The van der Waals surface area contributed by atoms with Crippen LogP contribution in [0, 0.1) is 32.6 Å². The van der Waals surface area contributed by atoms with Gasteiger partial charge in [-0.2, -0.15) is 0 Å². The molecule has 1 aliphatic rings. The molecule has 0 unspecified atom stereocenters. The van der Waals surface area contributed by atoms with E-state index in [9.17, 15) is 19.5 Å². The van der Waals surface area contributed by atoms with Crippen LogP contribution in [0.25, 0.3) is 5.00 Å². The first-order valence-electron chi connectivity index (χ1n) is 14.6. The monoisotopic (exact) mass is 657 g/mol. The Morgan fingerprint density at radius 3 is 2.57 bits per heavy atom. The largest absolute Gasteiger partial charge is 0.478 e. The molecule has 13 heteroatoms. The summed E-state index contributed by atoms with van der Waals surface area (Å²) in [6.07, 6.45) is 0.504. The number of anilines is 1. The van der Waals surface area contributed by atoms with Crippen LogP contribution in [0.15, 0.2) is 47.5 Å². The van der Waals surface area contributed by atoms with Gasteiger partial charge in [0.25, 0.3) is 0 Å². The number of carboxylic acid groups (broad SMARTS) is 1. The number of rotatable bonds is 9. The van der Waals surface area contributed by atoms with E-state index in [4.69, 9.17) is 22.3 Å². The molecule has 0 spiro atoms. The summed E-state index contributed by atoms with van der Waals surface area (Å²) in [5.41, 5.74) is 9.89. The van der Waals surface area contributed by atoms with Crippen LogP contribution in [0.1, 0.15) is 74.4 Å². The maximum absolute atomic E-state index is 13.2. The molecule has 1 aliphatic heterocycles. The van der Waals surface area contributed by atoms with E-state index in [1.165, 1.54) is 12.1 Å². The minimum absolute atomic E-state index is 0.00172. The first-order valence-corrected chi connectivity index (χ1v) is 15.8. The first-order chi connectivity index (χ1) is 22.0. The van der Waals surface area contributed by atoms with Crippen molar-refractivity contribution in [2.75, 3.05) is 18.4 Å². The molecule has 5 rings (SSSR count). The molecule has 1 atom stereocenters. The highest BCUT2D eigenvalue weighted by Gasteiger charge is 2.32. The maximum atomic E-state index is 13.2. The van der Waals surface area contributed by atoms with E-state index < -0.39 is 12.0 Å². The van der Waals surface area contributed by atoms with Crippen molar-refractivity contribution >= 4 is 52.1 Å². The van der Waals surface area contributed by atoms with Crippen LogP contribution in [0.3, 0.4) is 0 Å². The van der Waals surface area contributed by atoms with E-state index >= 15 is 0 Å². The lowest BCUT2D eigenvalue weighted by Gasteiger charge is -2.13. The lowest BCUT2D eigenvalue weighted by molar-refractivity contribution is -0.122. The molecule has 2 amide bonds. The molecular weight excluding hydrogens is 626 g/mol. The molecule has 0 bridgehead atoms. The van der Waals surface area contributed by atoms with Gasteiger partial charge in [0.05, 0.1) is 24.2 Å². The second-order valence-electron chi connectivity index (χ2n) is 10.7. The zero-order valence-electron chi connectivity index (χ0n) is 25.5. The molecule has 3 heterocycles. The van der Waals surface area contributed by atoms with Crippen LogP contribution in [-0.4, -0.2) is 56.5 Å². The standard InChI is InChI=1S/C33H32ClN7O4S/c1-18-19(2)46-32-29(18)30(22-8-10-24(34)11-9-22)38-26(31-40-39-20(3)41(31)32)17-28(43)36-13-5-7-27(42)37-25-15-21(6-4-12-35)14-23(16-25)33(44)45/h8-11,14-16,26H,5,7,12-13,17,35H2,1-3H3,(H,36,43)(H,37,42)(H,44,45)/t26-/m0/s1. The number of thiophene rings is 1. The number of fused-ring (bicyclic) bond motifs is 3. The van der Waals surface area contributed by atoms with Crippen LogP contribution in [-0.2, 0) is 9.59 Å². The smallest absolute Gasteiger partial charge is 0.335 e. The number of carbonyl (C=O) groups is 3. The summed E-state index contributed by atoms with van der Waals surface area (Å²) in [5.74, 6) is 5.04. The van der Waals surface area contributed by atoms with Crippen LogP contribution in [0.4, 0.5) is 5.69 Å². The molecule has 0 saturated carbocycles. The van der Waals surface area contributed by atoms with Gasteiger partial charge in [0.1, 0.15) is 16.9 Å². The summed E-state index contributed by atoms with van der Waals surface area (Å²) in [6.45, 7) is 6.40. The van der Waals surface area contributed by atoms with E-state index in [1.807, 2.05) is 35.8 Å². The molecule has 2 aromatic heterocycles. The van der Waals surface area contributed by atoms with Crippen LogP contribution >= 0.6 is 22.9 Å². The van der Waals surface area contributed by atoms with Crippen LogP contribution in [0.5, 0.6) is 0 Å². The number of aryl methyl sites for hydroxylation is 2. The SMILES string of the molecule is Cc1sc2c(c1C)C(c1ccc(Cl)cc1)=N[C@@H](CC(=O)NCCCC(=O)Nc1cc(C#CCN)cc(C(=O)O)c1)c1nnc(C)n1-2. The highest BCUT2D eigenvalue weighted by molar-refractivity contribution is 7.15. The lowest BCUT2D eigenvalue weighted by Crippen LogP contribution is -2.27. The van der Waals surface area contributed by atoms with Gasteiger partial charge in [0, 0.05) is 45.2 Å². The van der Waals surface area contributed by atoms with Crippen molar-refractivity contribution in [2.45, 2.75) is 46.1 Å². The maximum Gasteiger partial charge on any atom is 0.335 e. The Balaban J connectivity index is 1.27. The molecule has 5 N–H and O–H groups in total. The second-order valence-corrected chi connectivity index (χ2v) is 12.4. The molecule has 46 heavy (non-hydrogen) atoms. The Bertz CT molecular complexity index is 1920. The minimum Gasteiger partial charge on any atom is -0.478 e. The summed E-state index contributed by atoms with van der Waals surface area (Å²) in [6, 6.07) is 11.2. The fourth-order valence-corrected chi connectivity index (χ4v) is 6.47. The second kappa shape index (κ2) is 14.1. The van der Waals surface area contributed by atoms with Crippen molar-refractivity contribution in [3.63, 3.8) is 0 Å². The number of aromatic carboxylic acids is 1. The Kier molecular flexibility index (Phi) is 9.96. The molecule has 0 radical (unpaired) electrons. The van der Waals surface area contributed by atoms with Gasteiger partial charge in [0.15, 0.2) is 5.82 Å². The van der Waals surface area contributed by atoms with Crippen molar-refractivity contribution in [2.24, 2.45) is 10.7 Å². The van der Waals surface area contributed by atoms with Crippen molar-refractivity contribution < 1.29 is 19.5 Å². The van der Waals surface area contributed by atoms with Gasteiger partial charge in [-0.3, -0.25) is 19.1 Å². The van der Waals surface area contributed by atoms with Crippen LogP contribution in [0.2, 0.25) is 5.02 Å². The molecule has 236 valence electrons. The molecule has 4 aromatic rings. The van der Waals surface area contributed by atoms with E-state index in [1.54, 1.807) is 17.4 Å². The number of hydrogen-bond donors (Lipinski definition) is 4. The summed E-state index contributed by atoms with van der Waals surface area (Å²) in [5, 5.41) is 25.3. The molecular formula is C33H32ClN7O4S. The summed E-state index contributed by atoms with van der Waals surface area (Å²) < 4.78 is 1.99. The number of hydrogen-bond acceptors (Lipinski definition) is 8. The van der Waals surface area contributed by atoms with Gasteiger partial charge in [-0.1, -0.05) is 35.6 Å². The van der Waals surface area contributed by atoms with Crippen molar-refractivity contribution in [3.8, 4) is 16.8 Å². The average Bonchev–Trinajstić information content (AvgIpc) is 3.50. The number of nitrogens with two attached hydrogens (primary N) is 1. The third-order valence-electron chi connectivity index (χ3n) is 7.44. The van der Waals surface area contributed by atoms with Gasteiger partial charge in [-0.15, -0.1) is 21.5 Å². The zero-order valence-corrected chi connectivity index (χ0v) is 27.1. The lowest BCUT2D eigenvalue weighted by atomic mass is 9.99. The summed E-state index contributed by atoms with van der Waals surface area (Å²) in [7, 11) is 0. The van der Waals surface area contributed by atoms with Crippen molar-refractivity contribution in [1.82, 2.24) is 20.1 Å². The first kappa shape index (κ1) is 32.6. The van der Waals surface area contributed by atoms with E-state index in [-0.39, 0.29) is 43.3 Å². The number of nitrogens with one attached hydrogen (secondary N) is 2. The van der Waals surface area contributed by atoms with E-state index in [0.717, 1.165) is 32.3 Å². The molecule has 2 aromatic carbocycles. The Hall–Kier alpha value is -4.83. The highest BCUT2D eigenvalue weighted by Crippen LogP contribution is 2.39. The van der Waals surface area contributed by atoms with Gasteiger partial charge < -0.3 is 21.5 Å². The Morgan fingerprint density at radius 1 is 1.09 bits per heavy atom. The van der Waals surface area contributed by atoms with E-state index in [2.05, 4.69) is 46.5 Å². The topological polar surface area (TPSA) is 165 Å². The predicted octanol–water partition coefficient (Wildman–Crippen LogP) is 4.73. The number of aromatic nitrogens is 3. The molecule has 0 fully saturated rings. The fourth-order valence-electron chi connectivity index (χ4n) is 5.13. The predicted molar refractivity (Wildman–Crippen MR) is 178 cm³/mol. The summed E-state index contributed by atoms with van der Waals surface area (Å²) >= 11 is 7.82. The number of nitrogens with zero attached hydrogens (tertiary/aromatic N) is 4. The number of halogens is 1. The number of benzene rings is 2. The Labute approximate surface area is 274 Å². The average molecular weight is 658 g/mol. The number of aliphatic imine (C=N–C) groups is 1. The zero-order chi connectivity index (χ0) is 33.0. The van der Waals surface area contributed by atoms with Crippen molar-refractivity contribution in [1.29, 1.82) is 0 Å². The molecule has 0 aliphatic carbocycles. The van der Waals surface area contributed by atoms with Crippen molar-refractivity contribution in [3.05, 3.63) is 91.8 Å². The van der Waals surface area contributed by atoms with E-state index in [0.29, 0.717) is 34.3 Å². The number of carboxylic acids is 1. The number of carbonyl (C=O) groups excluding carboxylic acids is 2.